The quantitative estimate of drug-likeness (QED) is 0.384. The Morgan fingerprint density at radius 1 is 1.27 bits per heavy atom. The lowest BCUT2D eigenvalue weighted by molar-refractivity contribution is 0.580. The van der Waals surface area contributed by atoms with Crippen molar-refractivity contribution in [2.24, 2.45) is 22.0 Å². The molecule has 0 aliphatic carbocycles. The van der Waals surface area contributed by atoms with E-state index in [4.69, 9.17) is 22.0 Å². The lowest BCUT2D eigenvalue weighted by Gasteiger charge is -2.04. The van der Waals surface area contributed by atoms with Crippen LogP contribution in [0.1, 0.15) is 0 Å². The standard InChI is InChI=1S/C2H10N8O2P2S/c3-13(4,11)10-1-7-2(9-8-1)15-14(5,6)12/h(H4,5,6,12)(H6,3,4,7,8,9,10,11). The van der Waals surface area contributed by atoms with Crippen molar-refractivity contribution < 1.29 is 9.13 Å². The molecule has 0 aliphatic rings. The molecule has 10 N–H and O–H groups in total. The van der Waals surface area contributed by atoms with Gasteiger partial charge in [0.1, 0.15) is 0 Å². The summed E-state index contributed by atoms with van der Waals surface area (Å²) < 4.78 is 21.9. The van der Waals surface area contributed by atoms with Crippen molar-refractivity contribution in [2.45, 2.75) is 5.16 Å². The molecule has 0 saturated carbocycles. The molecule has 0 saturated heterocycles. The van der Waals surface area contributed by atoms with E-state index in [0.717, 1.165) is 0 Å². The summed E-state index contributed by atoms with van der Waals surface area (Å²) in [6, 6.07) is 0. The van der Waals surface area contributed by atoms with Crippen molar-refractivity contribution >= 4 is 31.6 Å². The van der Waals surface area contributed by atoms with Crippen LogP contribution < -0.4 is 27.1 Å². The second kappa shape index (κ2) is 4.22. The van der Waals surface area contributed by atoms with Crippen LogP contribution in [0.25, 0.3) is 0 Å². The maximum Gasteiger partial charge on any atom is 0.300 e. The van der Waals surface area contributed by atoms with Crippen LogP contribution in [-0.4, -0.2) is 15.2 Å². The average Bonchev–Trinajstić information content (AvgIpc) is 2.28. The smallest absolute Gasteiger partial charge is 0.280 e. The molecule has 10 nitrogen and oxygen atoms in total. The number of anilines is 1. The van der Waals surface area contributed by atoms with Crippen LogP contribution in [0.3, 0.4) is 0 Å². The molecule has 0 bridgehead atoms. The van der Waals surface area contributed by atoms with Gasteiger partial charge in [0.15, 0.2) is 5.16 Å². The van der Waals surface area contributed by atoms with Crippen LogP contribution in [0.2, 0.25) is 0 Å². The Labute approximate surface area is 88.7 Å². The van der Waals surface area contributed by atoms with Gasteiger partial charge in [0.05, 0.1) is 0 Å². The van der Waals surface area contributed by atoms with Crippen molar-refractivity contribution in [3.8, 4) is 0 Å². The van der Waals surface area contributed by atoms with E-state index in [1.54, 1.807) is 0 Å². The molecule has 0 radical (unpaired) electrons. The van der Waals surface area contributed by atoms with Gasteiger partial charge in [-0.1, -0.05) is 0 Å². The van der Waals surface area contributed by atoms with Crippen LogP contribution in [-0.2, 0) is 9.13 Å². The fourth-order valence-corrected chi connectivity index (χ4v) is 2.58. The minimum Gasteiger partial charge on any atom is -0.280 e. The van der Waals surface area contributed by atoms with Crippen LogP contribution in [0.5, 0.6) is 0 Å². The molecule has 0 aromatic carbocycles. The van der Waals surface area contributed by atoms with E-state index in [2.05, 4.69) is 20.3 Å². The molecule has 13 heteroatoms. The predicted octanol–water partition coefficient (Wildman–Crippen LogP) is -0.640. The minimum absolute atomic E-state index is 0.0840. The van der Waals surface area contributed by atoms with Gasteiger partial charge >= 0.3 is 0 Å². The first-order chi connectivity index (χ1) is 6.66. The molecule has 1 aromatic heterocycles. The summed E-state index contributed by atoms with van der Waals surface area (Å²) in [5.74, 6) is -0.0840. The molecule has 15 heavy (non-hydrogen) atoms. The number of hydrogen-bond acceptors (Lipinski definition) is 5. The van der Waals surface area contributed by atoms with Gasteiger partial charge in [0.2, 0.25) is 5.95 Å². The summed E-state index contributed by atoms with van der Waals surface area (Å²) in [4.78, 5) is 3.70. The molecular formula is C2H10N8O2P2S. The Bertz CT molecular complexity index is 393. The molecular weight excluding hydrogens is 262 g/mol. The average molecular weight is 272 g/mol. The maximum atomic E-state index is 11.0. The van der Waals surface area contributed by atoms with E-state index in [1.165, 1.54) is 0 Å². The van der Waals surface area contributed by atoms with Crippen LogP contribution in [0.4, 0.5) is 5.95 Å². The summed E-state index contributed by atoms with van der Waals surface area (Å²) in [6.07, 6.45) is 0. The molecule has 1 heterocycles. The molecule has 0 amide bonds. The van der Waals surface area contributed by atoms with Gasteiger partial charge < -0.3 is 0 Å². The first kappa shape index (κ1) is 12.7. The van der Waals surface area contributed by atoms with Crippen molar-refractivity contribution in [2.75, 3.05) is 5.09 Å². The highest BCUT2D eigenvalue weighted by molar-refractivity contribution is 8.56. The molecule has 0 atom stereocenters. The summed E-state index contributed by atoms with van der Waals surface area (Å²) in [5.41, 5.74) is 20.2. The van der Waals surface area contributed by atoms with Crippen molar-refractivity contribution in [1.29, 1.82) is 0 Å². The van der Waals surface area contributed by atoms with E-state index in [9.17, 15) is 9.13 Å². The Morgan fingerprint density at radius 3 is 2.33 bits per heavy atom. The van der Waals surface area contributed by atoms with E-state index >= 15 is 0 Å². The molecule has 0 aliphatic heterocycles. The normalized spacial score (nSPS) is 12.8. The molecule has 86 valence electrons. The predicted molar refractivity (Wildman–Crippen MR) is 57.8 cm³/mol. The number of nitrogens with zero attached hydrogens (tertiary/aromatic N) is 2. The maximum absolute atomic E-state index is 11.0. The van der Waals surface area contributed by atoms with E-state index in [0.29, 0.717) is 11.4 Å². The van der Waals surface area contributed by atoms with Crippen LogP contribution in [0, 0.1) is 0 Å². The number of nitrogens with two attached hydrogens (primary N) is 4. The molecule has 0 fully saturated rings. The number of rotatable bonds is 4. The molecule has 1 rings (SSSR count). The Morgan fingerprint density at radius 2 is 1.87 bits per heavy atom. The highest BCUT2D eigenvalue weighted by Crippen LogP contribution is 2.46. The Hall–Kier alpha value is -0.410. The monoisotopic (exact) mass is 272 g/mol. The third-order valence-electron chi connectivity index (χ3n) is 0.969. The first-order valence-electron chi connectivity index (χ1n) is 3.40. The second-order valence-electron chi connectivity index (χ2n) is 2.52. The molecule has 1 aromatic rings. The number of aromatic amines is 1. The third-order valence-corrected chi connectivity index (χ3v) is 3.53. The molecule has 0 unspecified atom stereocenters. The van der Waals surface area contributed by atoms with Crippen molar-refractivity contribution in [1.82, 2.24) is 15.2 Å². The van der Waals surface area contributed by atoms with E-state index in [-0.39, 0.29) is 11.1 Å². The zero-order chi connectivity index (χ0) is 11.7. The van der Waals surface area contributed by atoms with Crippen LogP contribution in [0.15, 0.2) is 5.16 Å². The minimum atomic E-state index is -3.46. The van der Waals surface area contributed by atoms with Gasteiger partial charge in [-0.15, -0.1) is 5.10 Å². The Balaban J connectivity index is 2.73. The fourth-order valence-electron chi connectivity index (χ4n) is 0.629. The second-order valence-corrected chi connectivity index (χ2v) is 8.28. The topological polar surface area (TPSA) is 192 Å². The number of aromatic nitrogens is 3. The SMILES string of the molecule is NP(N)(=O)Nc1n[nH]c(SP(N)(N)=O)n1. The van der Waals surface area contributed by atoms with Gasteiger partial charge in [-0.25, -0.2) is 0 Å². The number of H-pyrrole nitrogens is 1. The highest BCUT2D eigenvalue weighted by Gasteiger charge is 2.17. The van der Waals surface area contributed by atoms with Gasteiger partial charge in [-0.2, -0.15) is 4.98 Å². The lowest BCUT2D eigenvalue weighted by atomic mass is 11.1. The fraction of sp³-hybridized carbons (Fsp3) is 0. The van der Waals surface area contributed by atoms with Gasteiger partial charge in [0.25, 0.3) is 14.2 Å². The summed E-state index contributed by atoms with van der Waals surface area (Å²) in [5, 5.41) is 8.18. The first-order valence-corrected chi connectivity index (χ1v) is 8.51. The third kappa shape index (κ3) is 5.28. The Kier molecular flexibility index (Phi) is 3.56. The van der Waals surface area contributed by atoms with Gasteiger partial charge in [-0.3, -0.25) is 41.3 Å². The van der Waals surface area contributed by atoms with Gasteiger partial charge in [0, 0.05) is 11.4 Å². The van der Waals surface area contributed by atoms with Gasteiger partial charge in [-0.05, 0) is 0 Å². The van der Waals surface area contributed by atoms with Crippen molar-refractivity contribution in [3.05, 3.63) is 0 Å². The van der Waals surface area contributed by atoms with E-state index in [1.807, 2.05) is 0 Å². The number of hydrogen-bond donors (Lipinski definition) is 6. The zero-order valence-electron chi connectivity index (χ0n) is 7.32. The highest BCUT2D eigenvalue weighted by atomic mass is 32.7. The molecule has 0 spiro atoms. The summed E-state index contributed by atoms with van der Waals surface area (Å²) >= 11 is 0.618. The lowest BCUT2D eigenvalue weighted by Crippen LogP contribution is -2.13. The summed E-state index contributed by atoms with van der Waals surface area (Å²) in [6.45, 7) is -3.30. The van der Waals surface area contributed by atoms with Crippen molar-refractivity contribution in [3.63, 3.8) is 0 Å². The number of nitrogens with one attached hydrogen (secondary N) is 2. The van der Waals surface area contributed by atoms with Crippen LogP contribution >= 0.6 is 25.6 Å². The van der Waals surface area contributed by atoms with E-state index < -0.39 is 14.2 Å². The zero-order valence-corrected chi connectivity index (χ0v) is 9.93. The largest absolute Gasteiger partial charge is 0.300 e. The summed E-state index contributed by atoms with van der Waals surface area (Å²) in [7, 11) is -3.46.